The summed E-state index contributed by atoms with van der Waals surface area (Å²) in [5, 5.41) is 17.4. The SMILES string of the molecule is CN(C)CCC(=O)OCc1cc(OCCCCCCCC/C=C\C/C=C\CCCCCCCC(=O)O)cc(OCCCCCCCC/C=C\C/C=C\CCCCCCCC(=O)O)c1. The fourth-order valence-electron chi connectivity index (χ4n) is 7.11. The summed E-state index contributed by atoms with van der Waals surface area (Å²) in [6.07, 6.45) is 50.5. The third-order valence-corrected chi connectivity index (χ3v) is 10.9. The van der Waals surface area contributed by atoms with Crippen LogP contribution in [0.15, 0.2) is 66.8 Å². The van der Waals surface area contributed by atoms with Crippen molar-refractivity contribution in [3.8, 4) is 11.5 Å². The number of unbranched alkanes of at least 4 members (excludes halogenated alkanes) is 22. The molecule has 0 heterocycles. The van der Waals surface area contributed by atoms with E-state index in [0.29, 0.717) is 39.0 Å². The van der Waals surface area contributed by atoms with Crippen LogP contribution in [0.1, 0.15) is 205 Å². The summed E-state index contributed by atoms with van der Waals surface area (Å²) in [6, 6.07) is 5.90. The number of carbonyl (C=O) groups excluding carboxylic acids is 1. The molecule has 1 aromatic rings. The number of carboxylic acid groups (broad SMARTS) is 2. The van der Waals surface area contributed by atoms with Gasteiger partial charge < -0.3 is 29.3 Å². The zero-order chi connectivity index (χ0) is 45.7. The van der Waals surface area contributed by atoms with E-state index in [9.17, 15) is 14.4 Å². The third-order valence-electron chi connectivity index (χ3n) is 10.9. The van der Waals surface area contributed by atoms with E-state index >= 15 is 0 Å². The molecule has 0 saturated heterocycles. The molecule has 1 rings (SSSR count). The van der Waals surface area contributed by atoms with Crippen LogP contribution < -0.4 is 9.47 Å². The molecular weight excluding hydrogens is 791 g/mol. The normalized spacial score (nSPS) is 11.9. The topological polar surface area (TPSA) is 123 Å². The standard InChI is InChI=1S/C54H89NO8/c1-55(2)42-41-54(60)63-48-49-45-50(61-43-37-33-29-25-21-17-13-9-5-3-7-11-15-19-23-27-31-35-39-52(56)57)47-51(46-49)62-44-38-34-30-26-22-18-14-10-6-4-8-12-16-20-24-28-32-36-40-53(58)59/h5-12,45-47H,3-4,13-44,48H2,1-2H3,(H,56,57)(H,58,59)/b9-5-,10-6-,11-7-,12-8-. The minimum atomic E-state index is -0.688. The molecule has 2 N–H and O–H groups in total. The van der Waals surface area contributed by atoms with Gasteiger partial charge in [-0.1, -0.05) is 138 Å². The Morgan fingerprint density at radius 3 is 1.17 bits per heavy atom. The van der Waals surface area contributed by atoms with Crippen molar-refractivity contribution in [2.45, 2.75) is 206 Å². The van der Waals surface area contributed by atoms with Gasteiger partial charge in [0, 0.05) is 25.5 Å². The first-order valence-corrected chi connectivity index (χ1v) is 25.0. The monoisotopic (exact) mass is 880 g/mol. The number of ether oxygens (including phenoxy) is 3. The maximum Gasteiger partial charge on any atom is 0.307 e. The van der Waals surface area contributed by atoms with Crippen LogP contribution in [0.25, 0.3) is 0 Å². The summed E-state index contributed by atoms with van der Waals surface area (Å²) in [6.45, 7) is 2.18. The van der Waals surface area contributed by atoms with Crippen LogP contribution in [-0.4, -0.2) is 66.9 Å². The molecule has 1 aromatic carbocycles. The van der Waals surface area contributed by atoms with Crippen LogP contribution in [-0.2, 0) is 25.7 Å². The van der Waals surface area contributed by atoms with Crippen LogP contribution in [0.3, 0.4) is 0 Å². The van der Waals surface area contributed by atoms with Gasteiger partial charge in [0.2, 0.25) is 0 Å². The lowest BCUT2D eigenvalue weighted by molar-refractivity contribution is -0.145. The summed E-state index contributed by atoms with van der Waals surface area (Å²) >= 11 is 0. The van der Waals surface area contributed by atoms with Gasteiger partial charge in [-0.2, -0.15) is 0 Å². The number of carbonyl (C=O) groups is 3. The quantitative estimate of drug-likeness (QED) is 0.0374. The molecule has 0 aliphatic heterocycles. The third kappa shape index (κ3) is 41.9. The van der Waals surface area contributed by atoms with Crippen molar-refractivity contribution in [1.29, 1.82) is 0 Å². The van der Waals surface area contributed by atoms with Gasteiger partial charge in [-0.15, -0.1) is 0 Å². The molecule has 0 aliphatic carbocycles. The average Bonchev–Trinajstić information content (AvgIpc) is 3.25. The lowest BCUT2D eigenvalue weighted by Gasteiger charge is -2.13. The Bertz CT molecular complexity index is 1300. The molecule has 0 spiro atoms. The molecule has 0 aliphatic rings. The van der Waals surface area contributed by atoms with E-state index in [1.807, 2.05) is 37.2 Å². The molecule has 0 fully saturated rings. The van der Waals surface area contributed by atoms with Gasteiger partial charge in [-0.25, -0.2) is 0 Å². The summed E-state index contributed by atoms with van der Waals surface area (Å²) in [4.78, 5) is 35.4. The second-order valence-corrected chi connectivity index (χ2v) is 17.3. The predicted molar refractivity (Wildman–Crippen MR) is 261 cm³/mol. The molecule has 0 atom stereocenters. The average molecular weight is 880 g/mol. The molecule has 358 valence electrons. The van der Waals surface area contributed by atoms with E-state index in [-0.39, 0.29) is 12.6 Å². The number of rotatable bonds is 45. The Labute approximate surface area is 383 Å². The van der Waals surface area contributed by atoms with Crippen molar-refractivity contribution < 1.29 is 38.8 Å². The van der Waals surface area contributed by atoms with E-state index in [1.54, 1.807) is 0 Å². The second-order valence-electron chi connectivity index (χ2n) is 17.3. The number of hydrogen-bond acceptors (Lipinski definition) is 7. The maximum absolute atomic E-state index is 12.3. The van der Waals surface area contributed by atoms with Crippen molar-refractivity contribution in [3.63, 3.8) is 0 Å². The zero-order valence-electron chi connectivity index (χ0n) is 39.9. The highest BCUT2D eigenvalue weighted by molar-refractivity contribution is 5.69. The number of allylic oxidation sites excluding steroid dienone is 8. The number of hydrogen-bond donors (Lipinski definition) is 2. The predicted octanol–water partition coefficient (Wildman–Crippen LogP) is 14.5. The van der Waals surface area contributed by atoms with Gasteiger partial charge in [0.05, 0.1) is 19.6 Å². The summed E-state index contributed by atoms with van der Waals surface area (Å²) < 4.78 is 17.9. The first-order chi connectivity index (χ1) is 30.8. The Hall–Kier alpha value is -3.85. The van der Waals surface area contributed by atoms with E-state index < -0.39 is 11.9 Å². The van der Waals surface area contributed by atoms with E-state index in [2.05, 4.69) is 48.6 Å². The minimum Gasteiger partial charge on any atom is -0.493 e. The molecule has 63 heavy (non-hydrogen) atoms. The molecule has 0 unspecified atom stereocenters. The minimum absolute atomic E-state index is 0.205. The zero-order valence-corrected chi connectivity index (χ0v) is 39.9. The smallest absolute Gasteiger partial charge is 0.307 e. The molecule has 9 nitrogen and oxygen atoms in total. The highest BCUT2D eigenvalue weighted by atomic mass is 16.5. The van der Waals surface area contributed by atoms with E-state index in [4.69, 9.17) is 24.4 Å². The summed E-state index contributed by atoms with van der Waals surface area (Å²) in [7, 11) is 3.90. The van der Waals surface area contributed by atoms with Gasteiger partial charge in [0.1, 0.15) is 18.1 Å². The largest absolute Gasteiger partial charge is 0.493 e. The van der Waals surface area contributed by atoms with Gasteiger partial charge in [0.25, 0.3) is 0 Å². The Kier molecular flexibility index (Phi) is 39.4. The van der Waals surface area contributed by atoms with Crippen molar-refractivity contribution in [3.05, 3.63) is 72.4 Å². The summed E-state index contributed by atoms with van der Waals surface area (Å²) in [5.74, 6) is -0.0507. The van der Waals surface area contributed by atoms with E-state index in [0.717, 1.165) is 120 Å². The maximum atomic E-state index is 12.3. The van der Waals surface area contributed by atoms with E-state index in [1.165, 1.54) is 77.0 Å². The Morgan fingerprint density at radius 2 is 0.810 bits per heavy atom. The number of carboxylic acids is 2. The highest BCUT2D eigenvalue weighted by Crippen LogP contribution is 2.25. The molecule has 0 amide bonds. The molecular formula is C54H89NO8. The fourth-order valence-corrected chi connectivity index (χ4v) is 7.11. The summed E-state index contributed by atoms with van der Waals surface area (Å²) in [5.41, 5.74) is 0.882. The van der Waals surface area contributed by atoms with Gasteiger partial charge in [-0.3, -0.25) is 14.4 Å². The molecule has 0 aromatic heterocycles. The molecule has 0 radical (unpaired) electrons. The highest BCUT2D eigenvalue weighted by Gasteiger charge is 2.09. The molecule has 0 saturated carbocycles. The first kappa shape index (κ1) is 57.2. The van der Waals surface area contributed by atoms with Crippen molar-refractivity contribution >= 4 is 17.9 Å². The van der Waals surface area contributed by atoms with Crippen molar-refractivity contribution in [2.24, 2.45) is 0 Å². The Balaban J connectivity index is 2.22. The van der Waals surface area contributed by atoms with Crippen LogP contribution in [0, 0.1) is 0 Å². The number of benzene rings is 1. The number of nitrogens with zero attached hydrogens (tertiary/aromatic N) is 1. The molecule has 9 heteroatoms. The van der Waals surface area contributed by atoms with Crippen LogP contribution in [0.5, 0.6) is 11.5 Å². The van der Waals surface area contributed by atoms with Gasteiger partial charge >= 0.3 is 17.9 Å². The van der Waals surface area contributed by atoms with Gasteiger partial charge in [-0.05, 0) is 122 Å². The fraction of sp³-hybridized carbons (Fsp3) is 0.685. The second kappa shape index (κ2) is 43.4. The first-order valence-electron chi connectivity index (χ1n) is 25.0. The van der Waals surface area contributed by atoms with Crippen molar-refractivity contribution in [2.75, 3.05) is 33.9 Å². The van der Waals surface area contributed by atoms with Crippen LogP contribution >= 0.6 is 0 Å². The van der Waals surface area contributed by atoms with Crippen LogP contribution in [0.4, 0.5) is 0 Å². The van der Waals surface area contributed by atoms with Crippen molar-refractivity contribution in [1.82, 2.24) is 4.90 Å². The van der Waals surface area contributed by atoms with Gasteiger partial charge in [0.15, 0.2) is 0 Å². The lowest BCUT2D eigenvalue weighted by Crippen LogP contribution is -2.17. The lowest BCUT2D eigenvalue weighted by atomic mass is 10.1. The van der Waals surface area contributed by atoms with Crippen LogP contribution in [0.2, 0.25) is 0 Å². The number of esters is 1. The Morgan fingerprint density at radius 1 is 0.460 bits per heavy atom. The molecule has 0 bridgehead atoms. The number of aliphatic carboxylic acids is 2.